The van der Waals surface area contributed by atoms with E-state index in [2.05, 4.69) is 81.4 Å². The molecule has 0 bridgehead atoms. The third kappa shape index (κ3) is 7.92. The van der Waals surface area contributed by atoms with E-state index < -0.39 is 17.7 Å². The third-order valence-electron chi connectivity index (χ3n) is 7.33. The van der Waals surface area contributed by atoms with Crippen LogP contribution in [0.3, 0.4) is 0 Å². The Kier molecular flexibility index (Phi) is 11.0. The van der Waals surface area contributed by atoms with Crippen LogP contribution in [-0.4, -0.2) is 6.22 Å². The Morgan fingerprint density at radius 3 is 1.61 bits per heavy atom. The van der Waals surface area contributed by atoms with Gasteiger partial charge in [-0.1, -0.05) is 37.1 Å². The first-order valence-electron chi connectivity index (χ1n) is 13.8. The Hall–Kier alpha value is -0.673. The van der Waals surface area contributed by atoms with Crippen LogP contribution in [0.4, 0.5) is 0 Å². The van der Waals surface area contributed by atoms with E-state index in [0.717, 1.165) is 30.9 Å². The zero-order valence-corrected chi connectivity index (χ0v) is 28.2. The number of hydrogen-bond donors (Lipinski definition) is 0. The molecule has 0 spiro atoms. The Morgan fingerprint density at radius 2 is 1.25 bits per heavy atom. The summed E-state index contributed by atoms with van der Waals surface area (Å²) in [5, 5.41) is 5.89. The number of halogens is 2. The molecule has 2 aliphatic carbocycles. The monoisotopic (exact) mass is 701 g/mol. The smallest absolute Gasteiger partial charge is 0.0251 e. The van der Waals surface area contributed by atoms with Crippen molar-refractivity contribution in [2.24, 2.45) is 0 Å². The van der Waals surface area contributed by atoms with Gasteiger partial charge in [0.05, 0.1) is 0 Å². The standard InChI is InChI=1S/2C14H15.C4H9Si.2ClH.Hf/c2*1-2-10-8-12-4-3-5-13(11-6-7-11)14(12)9-10;1-2-3-4-5;;;/h2*3-5,8-9,11H,2,6-7H2,1H3;2-4H2,1H3;2*1H;/q2*-1;;;;+2/p-2. The maximum Gasteiger partial charge on any atom is -0.0251 e. The molecule has 0 aromatic heterocycles. The summed E-state index contributed by atoms with van der Waals surface area (Å²) in [6.07, 6.45) is 11.4. The first-order chi connectivity index (χ1) is 17.5. The van der Waals surface area contributed by atoms with E-state index >= 15 is 0 Å². The van der Waals surface area contributed by atoms with Crippen LogP contribution >= 0.6 is 17.2 Å². The zero-order chi connectivity index (χ0) is 25.5. The molecule has 0 nitrogen and oxygen atoms in total. The second kappa shape index (κ2) is 13.9. The average molecular weight is 701 g/mol. The molecule has 4 aromatic carbocycles. The quantitative estimate of drug-likeness (QED) is 0.102. The van der Waals surface area contributed by atoms with Gasteiger partial charge in [0, 0.05) is 0 Å². The fourth-order valence-corrected chi connectivity index (χ4v) is 14.2. The molecular weight excluding hydrogens is 662 g/mol. The number of unbranched alkanes of at least 4 members (excludes halogenated alkanes) is 1. The minimum atomic E-state index is -1.82. The Morgan fingerprint density at radius 1 is 0.778 bits per heavy atom. The van der Waals surface area contributed by atoms with Crippen LogP contribution < -0.4 is 0 Å². The summed E-state index contributed by atoms with van der Waals surface area (Å²) in [6, 6.07) is 24.2. The number of aryl methyl sites for hydroxylation is 2. The van der Waals surface area contributed by atoms with Crippen LogP contribution in [-0.2, 0) is 30.5 Å². The Bertz CT molecular complexity index is 1200. The van der Waals surface area contributed by atoms with Crippen molar-refractivity contribution in [2.45, 2.75) is 90.0 Å². The van der Waals surface area contributed by atoms with E-state index in [1.165, 1.54) is 77.2 Å². The molecule has 0 unspecified atom stereocenters. The van der Waals surface area contributed by atoms with E-state index in [1.807, 2.05) is 0 Å². The molecule has 0 N–H and O–H groups in total. The minimum Gasteiger partial charge on any atom is -0.165 e. The predicted molar refractivity (Wildman–Crippen MR) is 159 cm³/mol. The van der Waals surface area contributed by atoms with Crippen molar-refractivity contribution in [1.82, 2.24) is 0 Å². The molecule has 0 heterocycles. The number of benzene rings is 2. The van der Waals surface area contributed by atoms with Crippen LogP contribution in [0.5, 0.6) is 0 Å². The maximum absolute atomic E-state index is 5.70. The van der Waals surface area contributed by atoms with Crippen LogP contribution in [0.1, 0.15) is 93.4 Å². The SMILES string of the molecule is CCCC[Si]=[Hf]([Cl])[Cl].CCc1cc2c(C3CC3)cccc2[cH-]1.CCc1cc2c(C3CC3)cccc2[cH-]1. The van der Waals surface area contributed by atoms with Crippen molar-refractivity contribution < 1.29 is 17.7 Å². The third-order valence-corrected chi connectivity index (χ3v) is 20.3. The topological polar surface area (TPSA) is 0 Å². The fraction of sp³-hybridized carbons (Fsp3) is 0.438. The molecule has 4 aromatic rings. The van der Waals surface area contributed by atoms with Crippen LogP contribution in [0.2, 0.25) is 6.04 Å². The number of fused-ring (bicyclic) bond motifs is 2. The fourth-order valence-electron chi connectivity index (χ4n) is 4.91. The Labute approximate surface area is 233 Å². The Balaban J connectivity index is 0.000000133. The van der Waals surface area contributed by atoms with Gasteiger partial charge in [-0.05, 0) is 50.4 Å². The van der Waals surface area contributed by atoms with Gasteiger partial charge in [-0.15, -0.1) is 69.1 Å². The summed E-state index contributed by atoms with van der Waals surface area (Å²) in [5.74, 6) is 1.73. The molecule has 0 aliphatic heterocycles. The summed E-state index contributed by atoms with van der Waals surface area (Å²) in [6.45, 7) is 6.65. The molecule has 6 rings (SSSR count). The van der Waals surface area contributed by atoms with Crippen molar-refractivity contribution >= 4 is 44.9 Å². The average Bonchev–Trinajstić information content (AvgIpc) is 3.82. The van der Waals surface area contributed by atoms with Crippen LogP contribution in [0, 0.1) is 0 Å². The van der Waals surface area contributed by atoms with Gasteiger partial charge in [-0.2, -0.15) is 12.1 Å². The van der Waals surface area contributed by atoms with Crippen molar-refractivity contribution in [1.29, 1.82) is 0 Å². The van der Waals surface area contributed by atoms with Gasteiger partial charge < -0.3 is 0 Å². The van der Waals surface area contributed by atoms with E-state index in [4.69, 9.17) is 17.2 Å². The predicted octanol–water partition coefficient (Wildman–Crippen LogP) is 10.7. The largest absolute Gasteiger partial charge is 0.165 e. The molecule has 0 amide bonds. The number of hydrogen-bond acceptors (Lipinski definition) is 0. The van der Waals surface area contributed by atoms with Gasteiger partial charge >= 0.3 is 66.9 Å². The first-order valence-corrected chi connectivity index (χ1v) is 29.3. The van der Waals surface area contributed by atoms with Gasteiger partial charge in [-0.25, -0.2) is 0 Å². The van der Waals surface area contributed by atoms with Gasteiger partial charge in [0.1, 0.15) is 0 Å². The van der Waals surface area contributed by atoms with Gasteiger partial charge in [0.15, 0.2) is 0 Å². The minimum absolute atomic E-state index is 0.866. The van der Waals surface area contributed by atoms with Crippen LogP contribution in [0.25, 0.3) is 21.5 Å². The van der Waals surface area contributed by atoms with Crippen molar-refractivity contribution in [3.63, 3.8) is 0 Å². The molecule has 0 saturated heterocycles. The molecular formula is C32H39Cl2HfSi-2. The molecule has 1 radical (unpaired) electrons. The normalized spacial score (nSPS) is 14.7. The van der Waals surface area contributed by atoms with Gasteiger partial charge in [0.2, 0.25) is 0 Å². The molecule has 2 aliphatic rings. The summed E-state index contributed by atoms with van der Waals surface area (Å²) in [5.41, 5.74) is 6.13. The molecule has 36 heavy (non-hydrogen) atoms. The van der Waals surface area contributed by atoms with Gasteiger partial charge in [0.25, 0.3) is 0 Å². The van der Waals surface area contributed by atoms with Crippen molar-refractivity contribution in [3.05, 3.63) is 82.9 Å². The summed E-state index contributed by atoms with van der Waals surface area (Å²) >= 11 is -1.82. The molecule has 2 fully saturated rings. The number of rotatable bonds is 7. The van der Waals surface area contributed by atoms with Crippen LogP contribution in [0.15, 0.2) is 60.7 Å². The summed E-state index contributed by atoms with van der Waals surface area (Å²) in [4.78, 5) is 0. The van der Waals surface area contributed by atoms with E-state index in [1.54, 1.807) is 11.1 Å². The molecule has 2 saturated carbocycles. The molecule has 4 heteroatoms. The molecule has 191 valence electrons. The second-order valence-electron chi connectivity index (χ2n) is 10.2. The van der Waals surface area contributed by atoms with Crippen molar-refractivity contribution in [2.75, 3.05) is 0 Å². The molecule has 0 atom stereocenters. The van der Waals surface area contributed by atoms with Crippen molar-refractivity contribution in [3.8, 4) is 0 Å². The summed E-state index contributed by atoms with van der Waals surface area (Å²) in [7, 11) is 11.4. The van der Waals surface area contributed by atoms with E-state index in [0.29, 0.717) is 0 Å². The maximum atomic E-state index is 5.70. The zero-order valence-electron chi connectivity index (χ0n) is 22.0. The van der Waals surface area contributed by atoms with E-state index in [9.17, 15) is 0 Å². The first kappa shape index (κ1) is 28.3. The summed E-state index contributed by atoms with van der Waals surface area (Å²) < 4.78 is 0. The second-order valence-corrected chi connectivity index (χ2v) is 33.8. The van der Waals surface area contributed by atoms with E-state index in [-0.39, 0.29) is 0 Å². The van der Waals surface area contributed by atoms with Gasteiger partial charge in [-0.3, -0.25) is 0 Å².